The number of nitrogens with one attached hydrogen (secondary N) is 2. The molecule has 2 aromatic carbocycles. The van der Waals surface area contributed by atoms with Gasteiger partial charge in [-0.25, -0.2) is 14.4 Å². The number of hydrogen-bond acceptors (Lipinski definition) is 4. The zero-order chi connectivity index (χ0) is 18.4. The topological polar surface area (TPSA) is 66.0 Å². The molecule has 0 radical (unpaired) electrons. The van der Waals surface area contributed by atoms with Gasteiger partial charge in [-0.3, -0.25) is 4.99 Å². The van der Waals surface area contributed by atoms with Crippen molar-refractivity contribution in [3.8, 4) is 11.4 Å². The van der Waals surface area contributed by atoms with Gasteiger partial charge in [-0.2, -0.15) is 0 Å². The van der Waals surface area contributed by atoms with E-state index in [4.69, 9.17) is 4.98 Å². The lowest BCUT2D eigenvalue weighted by atomic mass is 10.1. The molecule has 0 aliphatic carbocycles. The number of H-pyrrole nitrogens is 1. The molecule has 5 rings (SSSR count). The van der Waals surface area contributed by atoms with Gasteiger partial charge in [0.25, 0.3) is 0 Å². The number of nitrogens with zero attached hydrogens (tertiary/aromatic N) is 3. The van der Waals surface area contributed by atoms with Gasteiger partial charge in [-0.1, -0.05) is 6.07 Å². The van der Waals surface area contributed by atoms with Crippen molar-refractivity contribution >= 4 is 28.8 Å². The minimum Gasteiger partial charge on any atom is -0.346 e. The molecule has 6 heteroatoms. The van der Waals surface area contributed by atoms with E-state index in [9.17, 15) is 4.39 Å². The average molecular weight is 357 g/mol. The lowest BCUT2D eigenvalue weighted by Crippen LogP contribution is -2.00. The van der Waals surface area contributed by atoms with Gasteiger partial charge in [0, 0.05) is 23.7 Å². The molecule has 0 amide bonds. The molecule has 0 fully saturated rings. The highest BCUT2D eigenvalue weighted by atomic mass is 19.1. The lowest BCUT2D eigenvalue weighted by Gasteiger charge is -2.10. The summed E-state index contributed by atoms with van der Waals surface area (Å²) in [4.78, 5) is 16.7. The minimum atomic E-state index is -0.238. The molecule has 2 aromatic heterocycles. The Morgan fingerprint density at radius 1 is 1.07 bits per heavy atom. The van der Waals surface area contributed by atoms with E-state index in [0.29, 0.717) is 17.2 Å². The molecule has 5 nitrogen and oxygen atoms in total. The van der Waals surface area contributed by atoms with Crippen LogP contribution in [0.2, 0.25) is 0 Å². The standard InChI is InChI=1S/C21H16FN5/c1-12-8-13(3-5-18(12)22)19-26-20-17(6-7-24-20)21(27-19)25-16-4-2-14-10-23-11-15(14)9-16/h2-9,11H,10H2,1H3,(H2,24,25,26,27). The van der Waals surface area contributed by atoms with Crippen LogP contribution < -0.4 is 5.32 Å². The SMILES string of the molecule is Cc1cc(-c2nc(Nc3ccc4c(c3)C=NC4)c3cc[nH]c3n2)ccc1F. The number of hydrogen-bond donors (Lipinski definition) is 2. The molecule has 27 heavy (non-hydrogen) atoms. The Kier molecular flexibility index (Phi) is 3.50. The second kappa shape index (κ2) is 6.02. The zero-order valence-electron chi connectivity index (χ0n) is 14.6. The molecule has 3 heterocycles. The highest BCUT2D eigenvalue weighted by Crippen LogP contribution is 2.28. The van der Waals surface area contributed by atoms with Crippen LogP contribution in [0, 0.1) is 12.7 Å². The number of aryl methyl sites for hydroxylation is 1. The number of aromatic amines is 1. The molecule has 0 spiro atoms. The molecule has 0 saturated carbocycles. The normalized spacial score (nSPS) is 12.5. The van der Waals surface area contributed by atoms with Gasteiger partial charge in [-0.05, 0) is 60.0 Å². The van der Waals surface area contributed by atoms with Crippen molar-refractivity contribution in [2.45, 2.75) is 13.5 Å². The first-order valence-electron chi connectivity index (χ1n) is 8.69. The molecule has 2 N–H and O–H groups in total. The van der Waals surface area contributed by atoms with Crippen LogP contribution in [-0.4, -0.2) is 21.2 Å². The molecule has 0 unspecified atom stereocenters. The third-order valence-electron chi connectivity index (χ3n) is 4.73. The van der Waals surface area contributed by atoms with Crippen LogP contribution in [0.4, 0.5) is 15.9 Å². The van der Waals surface area contributed by atoms with Crippen LogP contribution in [0.1, 0.15) is 16.7 Å². The number of aliphatic imine (C=N–C) groups is 1. The van der Waals surface area contributed by atoms with E-state index in [1.807, 2.05) is 24.5 Å². The number of rotatable bonds is 3. The number of fused-ring (bicyclic) bond motifs is 2. The van der Waals surface area contributed by atoms with Crippen molar-refractivity contribution in [2.75, 3.05) is 5.32 Å². The Hall–Kier alpha value is -3.54. The maximum absolute atomic E-state index is 13.6. The summed E-state index contributed by atoms with van der Waals surface area (Å²) in [6.45, 7) is 2.47. The van der Waals surface area contributed by atoms with Crippen LogP contribution in [0.15, 0.2) is 53.7 Å². The van der Waals surface area contributed by atoms with Crippen LogP contribution in [-0.2, 0) is 6.54 Å². The molecular weight excluding hydrogens is 341 g/mol. The number of benzene rings is 2. The lowest BCUT2D eigenvalue weighted by molar-refractivity contribution is 0.618. The van der Waals surface area contributed by atoms with Crippen molar-refractivity contribution in [3.63, 3.8) is 0 Å². The van der Waals surface area contributed by atoms with E-state index >= 15 is 0 Å². The van der Waals surface area contributed by atoms with Gasteiger partial charge in [0.1, 0.15) is 17.3 Å². The molecule has 1 aliphatic rings. The Morgan fingerprint density at radius 2 is 2.00 bits per heavy atom. The molecular formula is C21H16FN5. The van der Waals surface area contributed by atoms with Gasteiger partial charge in [0.05, 0.1) is 11.9 Å². The van der Waals surface area contributed by atoms with Crippen LogP contribution in [0.3, 0.4) is 0 Å². The summed E-state index contributed by atoms with van der Waals surface area (Å²) in [5.41, 5.74) is 5.34. The monoisotopic (exact) mass is 357 g/mol. The van der Waals surface area contributed by atoms with Gasteiger partial charge in [0.15, 0.2) is 5.82 Å². The van der Waals surface area contributed by atoms with Gasteiger partial charge in [0.2, 0.25) is 0 Å². The Balaban J connectivity index is 1.60. The van der Waals surface area contributed by atoms with Crippen LogP contribution >= 0.6 is 0 Å². The third-order valence-corrected chi connectivity index (χ3v) is 4.73. The molecule has 1 aliphatic heterocycles. The van der Waals surface area contributed by atoms with Gasteiger partial charge >= 0.3 is 0 Å². The van der Waals surface area contributed by atoms with Crippen molar-refractivity contribution in [2.24, 2.45) is 4.99 Å². The molecule has 4 aromatic rings. The Morgan fingerprint density at radius 3 is 2.89 bits per heavy atom. The van der Waals surface area contributed by atoms with E-state index in [1.54, 1.807) is 19.1 Å². The van der Waals surface area contributed by atoms with Crippen molar-refractivity contribution < 1.29 is 4.39 Å². The second-order valence-corrected chi connectivity index (χ2v) is 6.61. The van der Waals surface area contributed by atoms with Crippen LogP contribution in [0.25, 0.3) is 22.4 Å². The fourth-order valence-corrected chi connectivity index (χ4v) is 3.27. The first-order valence-corrected chi connectivity index (χ1v) is 8.69. The van der Waals surface area contributed by atoms with Gasteiger partial charge in [-0.15, -0.1) is 0 Å². The van der Waals surface area contributed by atoms with E-state index in [0.717, 1.165) is 34.4 Å². The molecule has 0 atom stereocenters. The number of aromatic nitrogens is 3. The van der Waals surface area contributed by atoms with E-state index in [2.05, 4.69) is 32.4 Å². The van der Waals surface area contributed by atoms with Gasteiger partial charge < -0.3 is 10.3 Å². The largest absolute Gasteiger partial charge is 0.346 e. The van der Waals surface area contributed by atoms with Crippen molar-refractivity contribution in [3.05, 3.63) is 71.2 Å². The summed E-state index contributed by atoms with van der Waals surface area (Å²) in [6.07, 6.45) is 3.72. The first-order chi connectivity index (χ1) is 13.2. The number of halogens is 1. The highest BCUT2D eigenvalue weighted by molar-refractivity contribution is 5.92. The summed E-state index contributed by atoms with van der Waals surface area (Å²) in [6, 6.07) is 13.0. The molecule has 0 saturated heterocycles. The van der Waals surface area contributed by atoms with Crippen molar-refractivity contribution in [1.82, 2.24) is 15.0 Å². The van der Waals surface area contributed by atoms with E-state index < -0.39 is 0 Å². The predicted octanol–water partition coefficient (Wildman–Crippen LogP) is 4.75. The quantitative estimate of drug-likeness (QED) is 0.556. The molecule has 132 valence electrons. The summed E-state index contributed by atoms with van der Waals surface area (Å²) in [5, 5.41) is 4.29. The minimum absolute atomic E-state index is 0.238. The van der Waals surface area contributed by atoms with Crippen LogP contribution in [0.5, 0.6) is 0 Å². The maximum Gasteiger partial charge on any atom is 0.163 e. The maximum atomic E-state index is 13.6. The zero-order valence-corrected chi connectivity index (χ0v) is 14.6. The van der Waals surface area contributed by atoms with E-state index in [-0.39, 0.29) is 5.82 Å². The van der Waals surface area contributed by atoms with E-state index in [1.165, 1.54) is 11.6 Å². The van der Waals surface area contributed by atoms with Crippen molar-refractivity contribution in [1.29, 1.82) is 0 Å². The number of anilines is 2. The fraction of sp³-hybridized carbons (Fsp3) is 0.0952. The third kappa shape index (κ3) is 2.75. The fourth-order valence-electron chi connectivity index (χ4n) is 3.27. The summed E-state index contributed by atoms with van der Waals surface area (Å²) < 4.78 is 13.6. The summed E-state index contributed by atoms with van der Waals surface area (Å²) in [7, 11) is 0. The Labute approximate surface area is 155 Å². The first kappa shape index (κ1) is 15.7. The molecule has 0 bridgehead atoms. The highest BCUT2D eigenvalue weighted by Gasteiger charge is 2.13. The second-order valence-electron chi connectivity index (χ2n) is 6.61. The average Bonchev–Trinajstić information content (AvgIpc) is 3.32. The predicted molar refractivity (Wildman–Crippen MR) is 105 cm³/mol. The summed E-state index contributed by atoms with van der Waals surface area (Å²) >= 11 is 0. The summed E-state index contributed by atoms with van der Waals surface area (Å²) in [5.74, 6) is 1.00. The smallest absolute Gasteiger partial charge is 0.163 e. The Bertz CT molecular complexity index is 1210.